The Morgan fingerprint density at radius 3 is 1.45 bits per heavy atom. The molecule has 1 aliphatic rings. The van der Waals surface area contributed by atoms with Crippen LogP contribution >= 0.6 is 7.82 Å². The van der Waals surface area contributed by atoms with Crippen LogP contribution in [0.5, 0.6) is 0 Å². The van der Waals surface area contributed by atoms with E-state index in [0.717, 1.165) is 83.5 Å². The van der Waals surface area contributed by atoms with E-state index in [1.54, 1.807) is 0 Å². The van der Waals surface area contributed by atoms with E-state index < -0.39 is 75.7 Å². The van der Waals surface area contributed by atoms with Crippen molar-refractivity contribution in [2.24, 2.45) is 0 Å². The number of phosphoric ester groups is 1. The molecule has 1 rings (SSSR count). The highest BCUT2D eigenvalue weighted by Crippen LogP contribution is 2.47. The number of carbonyl (C=O) groups excluding carboxylic acids is 2. The van der Waals surface area contributed by atoms with Crippen molar-refractivity contribution >= 4 is 19.8 Å². The molecule has 0 aromatic rings. The third-order valence-electron chi connectivity index (χ3n) is 10.2. The lowest BCUT2D eigenvalue weighted by atomic mass is 9.85. The third kappa shape index (κ3) is 27.0. The summed E-state index contributed by atoms with van der Waals surface area (Å²) in [5.74, 6) is -1.13. The molecule has 6 unspecified atom stereocenters. The fourth-order valence-electron chi connectivity index (χ4n) is 6.55. The Morgan fingerprint density at radius 2 is 0.931 bits per heavy atom. The second-order valence-electron chi connectivity index (χ2n) is 15.5. The van der Waals surface area contributed by atoms with Crippen LogP contribution in [0.3, 0.4) is 0 Å². The van der Waals surface area contributed by atoms with E-state index in [-0.39, 0.29) is 12.8 Å². The van der Waals surface area contributed by atoms with E-state index in [4.69, 9.17) is 18.5 Å². The quantitative estimate of drug-likeness (QED) is 0.0152. The molecule has 0 aliphatic heterocycles. The lowest BCUT2D eigenvalue weighted by Gasteiger charge is -2.41. The van der Waals surface area contributed by atoms with Crippen LogP contribution in [0.15, 0.2) is 36.5 Å². The van der Waals surface area contributed by atoms with Gasteiger partial charge in [-0.15, -0.1) is 0 Å². The number of allylic oxidation sites excluding steroid dienone is 6. The topological polar surface area (TPSA) is 210 Å². The summed E-state index contributed by atoms with van der Waals surface area (Å²) >= 11 is 0. The van der Waals surface area contributed by atoms with E-state index in [1.807, 2.05) is 0 Å². The predicted octanol–water partition coefficient (Wildman–Crippen LogP) is 8.22. The minimum absolute atomic E-state index is 0.0790. The van der Waals surface area contributed by atoms with Gasteiger partial charge in [-0.25, -0.2) is 4.57 Å². The van der Waals surface area contributed by atoms with E-state index in [1.165, 1.54) is 51.4 Å². The van der Waals surface area contributed by atoms with Gasteiger partial charge in [-0.1, -0.05) is 127 Å². The first kappa shape index (κ1) is 54.1. The Labute approximate surface area is 348 Å². The molecule has 0 amide bonds. The van der Waals surface area contributed by atoms with Crippen LogP contribution in [0.1, 0.15) is 174 Å². The summed E-state index contributed by atoms with van der Waals surface area (Å²) in [6, 6.07) is 0. The van der Waals surface area contributed by atoms with Crippen LogP contribution in [0.2, 0.25) is 0 Å². The van der Waals surface area contributed by atoms with Crippen molar-refractivity contribution in [3.63, 3.8) is 0 Å². The molecule has 6 N–H and O–H groups in total. The van der Waals surface area contributed by atoms with Crippen molar-refractivity contribution in [1.29, 1.82) is 0 Å². The number of hydrogen-bond acceptors (Lipinski definition) is 12. The van der Waals surface area contributed by atoms with Gasteiger partial charge in [0, 0.05) is 12.8 Å². The number of esters is 2. The normalized spacial score (nSPS) is 22.8. The van der Waals surface area contributed by atoms with Crippen LogP contribution in [0.25, 0.3) is 0 Å². The Hall–Kier alpha value is -1.93. The van der Waals surface area contributed by atoms with Gasteiger partial charge in [-0.05, 0) is 70.6 Å². The summed E-state index contributed by atoms with van der Waals surface area (Å²) in [5.41, 5.74) is 0. The summed E-state index contributed by atoms with van der Waals surface area (Å²) in [4.78, 5) is 35.6. The number of aliphatic hydroxyl groups excluding tert-OH is 5. The fraction of sp³-hybridized carbons (Fsp3) is 0.818. The van der Waals surface area contributed by atoms with Crippen LogP contribution in [-0.2, 0) is 32.7 Å². The summed E-state index contributed by atoms with van der Waals surface area (Å²) < 4.78 is 33.5. The smallest absolute Gasteiger partial charge is 0.462 e. The molecule has 0 aromatic carbocycles. The molecule has 0 aromatic heterocycles. The maximum atomic E-state index is 12.8. The molecule has 0 heterocycles. The van der Waals surface area contributed by atoms with Crippen LogP contribution in [0.4, 0.5) is 0 Å². The highest BCUT2D eigenvalue weighted by molar-refractivity contribution is 7.47. The number of hydrogen-bond donors (Lipinski definition) is 6. The van der Waals surface area contributed by atoms with Gasteiger partial charge in [0.2, 0.25) is 0 Å². The van der Waals surface area contributed by atoms with Gasteiger partial charge in [0.25, 0.3) is 0 Å². The molecule has 1 fully saturated rings. The summed E-state index contributed by atoms with van der Waals surface area (Å²) in [6.07, 6.45) is 24.8. The van der Waals surface area contributed by atoms with E-state index >= 15 is 0 Å². The van der Waals surface area contributed by atoms with Gasteiger partial charge >= 0.3 is 19.8 Å². The zero-order valence-corrected chi connectivity index (χ0v) is 36.5. The van der Waals surface area contributed by atoms with Crippen molar-refractivity contribution in [1.82, 2.24) is 0 Å². The second-order valence-corrected chi connectivity index (χ2v) is 16.9. The van der Waals surface area contributed by atoms with Crippen LogP contribution < -0.4 is 0 Å². The van der Waals surface area contributed by atoms with Crippen molar-refractivity contribution in [2.45, 2.75) is 217 Å². The van der Waals surface area contributed by atoms with Crippen molar-refractivity contribution in [3.05, 3.63) is 36.5 Å². The molecular weight excluding hydrogens is 767 g/mol. The van der Waals surface area contributed by atoms with E-state index in [0.29, 0.717) is 12.8 Å². The molecule has 1 aliphatic carbocycles. The number of ether oxygens (including phenoxy) is 2. The monoisotopic (exact) mass is 847 g/mol. The molecule has 0 bridgehead atoms. The predicted molar refractivity (Wildman–Crippen MR) is 226 cm³/mol. The first-order valence-electron chi connectivity index (χ1n) is 22.3. The second kappa shape index (κ2) is 34.7. The van der Waals surface area contributed by atoms with Crippen molar-refractivity contribution < 1.29 is 63.1 Å². The van der Waals surface area contributed by atoms with Gasteiger partial charge in [-0.3, -0.25) is 18.6 Å². The average molecular weight is 847 g/mol. The van der Waals surface area contributed by atoms with E-state index in [2.05, 4.69) is 50.3 Å². The number of phosphoric acid groups is 1. The Bertz CT molecular complexity index is 1160. The standard InChI is InChI=1S/C44H79O13P/c1-3-5-7-9-11-13-15-17-19-21-23-25-27-29-31-33-38(46)56-36(35-55-58(52,53)57-44-42(50)40(48)39(47)41(49)43(44)51)34-54-37(45)32-30-28-26-24-22-20-18-16-14-12-10-8-6-4-2/h11,13,16-19,36,39-44,47-51H,3-10,12,14-15,20-35H2,1-2H3,(H,52,53)/b13-11-,18-16-,19-17-/t36-,39?,40-,41?,42?,43?,44?/m1/s1. The first-order chi connectivity index (χ1) is 27.9. The van der Waals surface area contributed by atoms with Gasteiger partial charge in [0.1, 0.15) is 43.2 Å². The van der Waals surface area contributed by atoms with Crippen LogP contribution in [0, 0.1) is 0 Å². The lowest BCUT2D eigenvalue weighted by molar-refractivity contribution is -0.220. The van der Waals surface area contributed by atoms with Crippen molar-refractivity contribution in [2.75, 3.05) is 13.2 Å². The summed E-state index contributed by atoms with van der Waals surface area (Å²) in [5, 5.41) is 50.1. The highest BCUT2D eigenvalue weighted by atomic mass is 31.2. The largest absolute Gasteiger partial charge is 0.472 e. The van der Waals surface area contributed by atoms with Gasteiger partial charge in [0.15, 0.2) is 6.10 Å². The summed E-state index contributed by atoms with van der Waals surface area (Å²) in [7, 11) is -5.12. The number of unbranched alkanes of at least 4 members (excludes halogenated alkanes) is 18. The van der Waals surface area contributed by atoms with Gasteiger partial charge in [-0.2, -0.15) is 0 Å². The summed E-state index contributed by atoms with van der Waals surface area (Å²) in [6.45, 7) is 3.23. The Morgan fingerprint density at radius 1 is 0.534 bits per heavy atom. The fourth-order valence-corrected chi connectivity index (χ4v) is 7.52. The Balaban J connectivity index is 2.50. The Kier molecular flexibility index (Phi) is 32.4. The lowest BCUT2D eigenvalue weighted by Crippen LogP contribution is -2.64. The molecule has 14 heteroatoms. The maximum Gasteiger partial charge on any atom is 0.472 e. The number of rotatable bonds is 36. The van der Waals surface area contributed by atoms with Gasteiger partial charge in [0.05, 0.1) is 6.61 Å². The maximum absolute atomic E-state index is 12.8. The molecule has 8 atom stereocenters. The molecule has 0 saturated heterocycles. The number of aliphatic hydroxyl groups is 5. The molecule has 13 nitrogen and oxygen atoms in total. The number of carbonyl (C=O) groups is 2. The van der Waals surface area contributed by atoms with Crippen molar-refractivity contribution in [3.8, 4) is 0 Å². The van der Waals surface area contributed by atoms with Crippen LogP contribution in [-0.4, -0.2) is 98.3 Å². The minimum Gasteiger partial charge on any atom is -0.462 e. The highest BCUT2D eigenvalue weighted by Gasteiger charge is 2.51. The molecule has 0 radical (unpaired) electrons. The third-order valence-corrected chi connectivity index (χ3v) is 11.2. The zero-order chi connectivity index (χ0) is 42.9. The molecular formula is C44H79O13P. The zero-order valence-electron chi connectivity index (χ0n) is 35.6. The van der Waals surface area contributed by atoms with Gasteiger partial charge < -0.3 is 39.9 Å². The minimum atomic E-state index is -5.12. The molecule has 0 spiro atoms. The first-order valence-corrected chi connectivity index (χ1v) is 23.8. The molecule has 338 valence electrons. The molecule has 58 heavy (non-hydrogen) atoms. The van der Waals surface area contributed by atoms with E-state index in [9.17, 15) is 44.6 Å². The molecule has 1 saturated carbocycles. The SMILES string of the molecule is CCCCC/C=C\C/C=C\CCCCCCCC(=O)O[C@H](COC(=O)CCCCCCC/C=C\CCCCCCC)COP(=O)(O)OC1C(O)C(O)C(O)[C@@H](O)C1O. The average Bonchev–Trinajstić information content (AvgIpc) is 3.20.